The van der Waals surface area contributed by atoms with Crippen molar-refractivity contribution in [1.29, 1.82) is 0 Å². The summed E-state index contributed by atoms with van der Waals surface area (Å²) in [5.74, 6) is 0.318. The highest BCUT2D eigenvalue weighted by atomic mass is 19.1. The first-order valence-corrected chi connectivity index (χ1v) is 3.86. The third-order valence-corrected chi connectivity index (χ3v) is 1.50. The van der Waals surface area contributed by atoms with Crippen molar-refractivity contribution in [1.82, 2.24) is 4.98 Å². The van der Waals surface area contributed by atoms with Crippen molar-refractivity contribution < 1.29 is 4.39 Å². The number of nitrogens with two attached hydrogens (primary N) is 1. The average molecular weight is 169 g/mol. The van der Waals surface area contributed by atoms with E-state index in [2.05, 4.69) is 10.3 Å². The first kappa shape index (κ1) is 8.93. The average Bonchev–Trinajstić information content (AvgIpc) is 2.08. The molecule has 0 unspecified atom stereocenters. The molecule has 0 aliphatic heterocycles. The summed E-state index contributed by atoms with van der Waals surface area (Å²) in [6, 6.07) is 1.39. The fourth-order valence-corrected chi connectivity index (χ4v) is 0.963. The largest absolute Gasteiger partial charge is 0.370 e. The van der Waals surface area contributed by atoms with Gasteiger partial charge in [0.25, 0.3) is 0 Å². The van der Waals surface area contributed by atoms with E-state index in [4.69, 9.17) is 5.73 Å². The Morgan fingerprint density at radius 1 is 1.67 bits per heavy atom. The lowest BCUT2D eigenvalue weighted by molar-refractivity contribution is 0.619. The summed E-state index contributed by atoms with van der Waals surface area (Å²) in [5.41, 5.74) is 6.11. The smallest absolute Gasteiger partial charge is 0.141 e. The van der Waals surface area contributed by atoms with Gasteiger partial charge in [-0.25, -0.2) is 9.37 Å². The second kappa shape index (κ2) is 4.01. The van der Waals surface area contributed by atoms with Crippen LogP contribution in [0.1, 0.15) is 12.5 Å². The molecular formula is C8H12FN3. The summed E-state index contributed by atoms with van der Waals surface area (Å²) in [5, 5.41) is 3.00. The molecule has 0 aliphatic carbocycles. The third-order valence-electron chi connectivity index (χ3n) is 1.50. The molecule has 4 heteroatoms. The minimum atomic E-state index is -0.350. The molecule has 0 saturated heterocycles. The van der Waals surface area contributed by atoms with Gasteiger partial charge in [0.2, 0.25) is 0 Å². The monoisotopic (exact) mass is 169 g/mol. The minimum absolute atomic E-state index is 0.299. The summed E-state index contributed by atoms with van der Waals surface area (Å²) in [6.45, 7) is 3.00. The van der Waals surface area contributed by atoms with Crippen molar-refractivity contribution in [2.45, 2.75) is 13.5 Å². The van der Waals surface area contributed by atoms with Crippen LogP contribution in [0.3, 0.4) is 0 Å². The van der Waals surface area contributed by atoms with E-state index in [0.29, 0.717) is 17.9 Å². The predicted octanol–water partition coefficient (Wildman–Crippen LogP) is 1.11. The van der Waals surface area contributed by atoms with Gasteiger partial charge in [0.05, 0.1) is 6.20 Å². The van der Waals surface area contributed by atoms with Crippen LogP contribution >= 0.6 is 0 Å². The zero-order valence-corrected chi connectivity index (χ0v) is 6.97. The van der Waals surface area contributed by atoms with Crippen molar-refractivity contribution in [3.05, 3.63) is 23.6 Å². The van der Waals surface area contributed by atoms with Crippen LogP contribution in [0.4, 0.5) is 10.2 Å². The molecule has 0 bridgehead atoms. The normalized spacial score (nSPS) is 9.92. The van der Waals surface area contributed by atoms with Crippen LogP contribution in [0.15, 0.2) is 12.3 Å². The van der Waals surface area contributed by atoms with Gasteiger partial charge in [-0.15, -0.1) is 0 Å². The van der Waals surface area contributed by atoms with Crippen molar-refractivity contribution in [2.24, 2.45) is 5.73 Å². The number of hydrogen-bond donors (Lipinski definition) is 2. The number of anilines is 1. The molecule has 0 radical (unpaired) electrons. The van der Waals surface area contributed by atoms with E-state index in [9.17, 15) is 4.39 Å². The maximum atomic E-state index is 12.6. The van der Waals surface area contributed by atoms with Gasteiger partial charge in [-0.2, -0.15) is 0 Å². The first-order valence-electron chi connectivity index (χ1n) is 3.86. The highest BCUT2D eigenvalue weighted by Gasteiger charge is 2.01. The number of hydrogen-bond acceptors (Lipinski definition) is 3. The quantitative estimate of drug-likeness (QED) is 0.712. The van der Waals surface area contributed by atoms with Crippen LogP contribution in [0, 0.1) is 5.82 Å². The summed E-state index contributed by atoms with van der Waals surface area (Å²) in [6.07, 6.45) is 1.18. The Kier molecular flexibility index (Phi) is 2.99. The molecule has 0 atom stereocenters. The van der Waals surface area contributed by atoms with E-state index in [1.54, 1.807) is 0 Å². The highest BCUT2D eigenvalue weighted by Crippen LogP contribution is 2.11. The van der Waals surface area contributed by atoms with E-state index in [-0.39, 0.29) is 5.82 Å². The molecule has 3 nitrogen and oxygen atoms in total. The number of nitrogens with zero attached hydrogens (tertiary/aromatic N) is 1. The van der Waals surface area contributed by atoms with Gasteiger partial charge in [0, 0.05) is 18.7 Å². The molecule has 66 valence electrons. The van der Waals surface area contributed by atoms with Gasteiger partial charge in [-0.1, -0.05) is 0 Å². The van der Waals surface area contributed by atoms with Crippen molar-refractivity contribution in [2.75, 3.05) is 11.9 Å². The van der Waals surface area contributed by atoms with Gasteiger partial charge in [-0.05, 0) is 13.0 Å². The lowest BCUT2D eigenvalue weighted by Crippen LogP contribution is -2.07. The molecule has 1 aromatic rings. The molecule has 3 N–H and O–H groups in total. The maximum Gasteiger partial charge on any atom is 0.141 e. The maximum absolute atomic E-state index is 12.6. The van der Waals surface area contributed by atoms with Gasteiger partial charge in [-0.3, -0.25) is 0 Å². The van der Waals surface area contributed by atoms with Crippen LogP contribution < -0.4 is 11.1 Å². The molecule has 1 aromatic heterocycles. The van der Waals surface area contributed by atoms with Crippen LogP contribution in [0.2, 0.25) is 0 Å². The number of halogens is 1. The second-order valence-corrected chi connectivity index (χ2v) is 2.40. The molecule has 0 aromatic carbocycles. The Bertz CT molecular complexity index is 262. The lowest BCUT2D eigenvalue weighted by Gasteiger charge is -2.06. The first-order chi connectivity index (χ1) is 5.77. The molecule has 0 aliphatic rings. The molecule has 0 fully saturated rings. The number of nitrogens with one attached hydrogen (secondary N) is 1. The summed E-state index contributed by atoms with van der Waals surface area (Å²) in [7, 11) is 0. The Labute approximate surface area is 70.8 Å². The van der Waals surface area contributed by atoms with Gasteiger partial charge in [0.1, 0.15) is 11.6 Å². The van der Waals surface area contributed by atoms with Crippen molar-refractivity contribution in [3.63, 3.8) is 0 Å². The van der Waals surface area contributed by atoms with Gasteiger partial charge < -0.3 is 11.1 Å². The van der Waals surface area contributed by atoms with E-state index in [1.807, 2.05) is 6.92 Å². The zero-order valence-electron chi connectivity index (χ0n) is 6.97. The van der Waals surface area contributed by atoms with Crippen LogP contribution in [-0.2, 0) is 6.54 Å². The van der Waals surface area contributed by atoms with Gasteiger partial charge in [0.15, 0.2) is 0 Å². The predicted molar refractivity (Wildman–Crippen MR) is 46.3 cm³/mol. The molecule has 1 heterocycles. The number of rotatable bonds is 3. The second-order valence-electron chi connectivity index (χ2n) is 2.40. The highest BCUT2D eigenvalue weighted by molar-refractivity contribution is 5.43. The van der Waals surface area contributed by atoms with E-state index in [1.165, 1.54) is 12.3 Å². The molecule has 0 saturated carbocycles. The fourth-order valence-electron chi connectivity index (χ4n) is 0.963. The van der Waals surface area contributed by atoms with Crippen LogP contribution in [0.5, 0.6) is 0 Å². The molecule has 0 amide bonds. The van der Waals surface area contributed by atoms with Gasteiger partial charge >= 0.3 is 0 Å². The van der Waals surface area contributed by atoms with Crippen LogP contribution in [-0.4, -0.2) is 11.5 Å². The molecule has 12 heavy (non-hydrogen) atoms. The number of aromatic nitrogens is 1. The number of pyridine rings is 1. The van der Waals surface area contributed by atoms with Crippen molar-refractivity contribution in [3.8, 4) is 0 Å². The Morgan fingerprint density at radius 3 is 3.00 bits per heavy atom. The summed E-state index contributed by atoms with van der Waals surface area (Å²) in [4.78, 5) is 3.87. The Morgan fingerprint density at radius 2 is 2.42 bits per heavy atom. The third kappa shape index (κ3) is 1.92. The summed E-state index contributed by atoms with van der Waals surface area (Å²) < 4.78 is 12.6. The molecule has 0 spiro atoms. The summed E-state index contributed by atoms with van der Waals surface area (Å²) >= 11 is 0. The Hall–Kier alpha value is -1.16. The standard InChI is InChI=1S/C8H12FN3/c1-2-11-8-6(4-10)3-7(9)5-12-8/h3,5H,2,4,10H2,1H3,(H,11,12). The zero-order chi connectivity index (χ0) is 8.97. The topological polar surface area (TPSA) is 50.9 Å². The van der Waals surface area contributed by atoms with E-state index in [0.717, 1.165) is 6.54 Å². The molecular weight excluding hydrogens is 157 g/mol. The SMILES string of the molecule is CCNc1ncc(F)cc1CN. The lowest BCUT2D eigenvalue weighted by atomic mass is 10.2. The van der Waals surface area contributed by atoms with E-state index >= 15 is 0 Å². The fraction of sp³-hybridized carbons (Fsp3) is 0.375. The minimum Gasteiger partial charge on any atom is -0.370 e. The van der Waals surface area contributed by atoms with Crippen LogP contribution in [0.25, 0.3) is 0 Å². The van der Waals surface area contributed by atoms with Crippen molar-refractivity contribution >= 4 is 5.82 Å². The molecule has 1 rings (SSSR count). The Balaban J connectivity index is 2.94. The van der Waals surface area contributed by atoms with E-state index < -0.39 is 0 Å².